The molecule has 1 aromatic heterocycles. The minimum atomic E-state index is -2.67. The fourth-order valence-electron chi connectivity index (χ4n) is 4.93. The van der Waals surface area contributed by atoms with Gasteiger partial charge in [0.2, 0.25) is 0 Å². The third-order valence-corrected chi connectivity index (χ3v) is 9.12. The number of carbonyl (C=O) groups excluding carboxylic acids is 1. The SMILES string of the molecule is CC1(SNc2ccc(C(=O)Nc3cccc(N4CC(F)(F)C4)n3)c(N3CCC4(CC3)CC4)c2)CC1. The number of halogens is 2. The highest BCUT2D eigenvalue weighted by Crippen LogP contribution is 2.54. The molecule has 0 bridgehead atoms. The standard InChI is InChI=1S/C26H31F2N5OS/c1-24(7-8-24)35-31-18-5-6-19(20(15-18)32-13-11-25(9-10-25)12-14-32)23(34)30-21-3-2-4-22(29-21)33-16-26(27,28)17-33/h2-6,15,31H,7-14,16-17H2,1H3,(H,29,30,34). The molecule has 2 saturated carbocycles. The van der Waals surface area contributed by atoms with Gasteiger partial charge in [0, 0.05) is 23.5 Å². The number of nitrogens with one attached hydrogen (secondary N) is 2. The highest BCUT2D eigenvalue weighted by Gasteiger charge is 2.45. The Labute approximate surface area is 209 Å². The zero-order valence-corrected chi connectivity index (χ0v) is 20.8. The molecule has 2 N–H and O–H groups in total. The number of piperidine rings is 1. The molecule has 186 valence electrons. The molecule has 2 aliphatic heterocycles. The van der Waals surface area contributed by atoms with Crippen LogP contribution in [0.1, 0.15) is 55.8 Å². The summed E-state index contributed by atoms with van der Waals surface area (Å²) in [5.74, 6) is -2.10. The van der Waals surface area contributed by atoms with Gasteiger partial charge in [-0.3, -0.25) is 4.79 Å². The van der Waals surface area contributed by atoms with E-state index < -0.39 is 5.92 Å². The van der Waals surface area contributed by atoms with Crippen LogP contribution in [0.25, 0.3) is 0 Å². The van der Waals surface area contributed by atoms with Crippen molar-refractivity contribution in [2.75, 3.05) is 46.0 Å². The number of aromatic nitrogens is 1. The van der Waals surface area contributed by atoms with Crippen LogP contribution < -0.4 is 19.8 Å². The second-order valence-electron chi connectivity index (χ2n) is 10.9. The van der Waals surface area contributed by atoms with Crippen molar-refractivity contribution in [3.8, 4) is 0 Å². The first kappa shape index (κ1) is 22.9. The summed E-state index contributed by atoms with van der Waals surface area (Å²) in [6.07, 6.45) is 7.43. The van der Waals surface area contributed by atoms with Gasteiger partial charge in [0.1, 0.15) is 11.6 Å². The van der Waals surface area contributed by atoms with Crippen LogP contribution in [-0.4, -0.2) is 47.7 Å². The van der Waals surface area contributed by atoms with Crippen molar-refractivity contribution in [2.45, 2.75) is 56.1 Å². The molecule has 4 fully saturated rings. The van der Waals surface area contributed by atoms with Gasteiger partial charge in [0.05, 0.1) is 24.3 Å². The highest BCUT2D eigenvalue weighted by atomic mass is 32.2. The summed E-state index contributed by atoms with van der Waals surface area (Å²) in [7, 11) is 0. The lowest BCUT2D eigenvalue weighted by atomic mass is 9.93. The number of rotatable bonds is 7. The predicted octanol–water partition coefficient (Wildman–Crippen LogP) is 5.78. The number of anilines is 4. The second kappa shape index (κ2) is 8.25. The average molecular weight is 500 g/mol. The summed E-state index contributed by atoms with van der Waals surface area (Å²) in [6.45, 7) is 3.47. The van der Waals surface area contributed by atoms with Gasteiger partial charge in [0.25, 0.3) is 11.8 Å². The van der Waals surface area contributed by atoms with Crippen molar-refractivity contribution in [1.29, 1.82) is 0 Å². The summed E-state index contributed by atoms with van der Waals surface area (Å²) in [5, 5.41) is 2.90. The van der Waals surface area contributed by atoms with Crippen LogP contribution in [0, 0.1) is 5.41 Å². The first-order chi connectivity index (χ1) is 16.7. The molecule has 4 aliphatic rings. The Morgan fingerprint density at radius 3 is 2.40 bits per heavy atom. The van der Waals surface area contributed by atoms with Gasteiger partial charge in [-0.1, -0.05) is 6.07 Å². The van der Waals surface area contributed by atoms with E-state index in [9.17, 15) is 13.6 Å². The van der Waals surface area contributed by atoms with E-state index in [4.69, 9.17) is 0 Å². The van der Waals surface area contributed by atoms with Crippen LogP contribution in [0.2, 0.25) is 0 Å². The van der Waals surface area contributed by atoms with Crippen LogP contribution in [0.5, 0.6) is 0 Å². The van der Waals surface area contributed by atoms with E-state index in [1.54, 1.807) is 30.1 Å². The fourth-order valence-corrected chi connectivity index (χ4v) is 5.73. The smallest absolute Gasteiger partial charge is 0.282 e. The minimum absolute atomic E-state index is 0.237. The van der Waals surface area contributed by atoms with Gasteiger partial charge in [0.15, 0.2) is 0 Å². The molecule has 0 atom stereocenters. The van der Waals surface area contributed by atoms with Crippen molar-refractivity contribution in [1.82, 2.24) is 4.98 Å². The van der Waals surface area contributed by atoms with Crippen molar-refractivity contribution in [3.05, 3.63) is 42.0 Å². The summed E-state index contributed by atoms with van der Waals surface area (Å²) in [4.78, 5) is 21.6. The average Bonchev–Trinajstić information content (AvgIpc) is 3.76. The number of pyridine rings is 1. The first-order valence-electron chi connectivity index (χ1n) is 12.5. The monoisotopic (exact) mass is 499 g/mol. The molecule has 2 aliphatic carbocycles. The fraction of sp³-hybridized carbons (Fsp3) is 0.538. The van der Waals surface area contributed by atoms with E-state index >= 15 is 0 Å². The normalized spacial score (nSPS) is 22.9. The van der Waals surface area contributed by atoms with E-state index in [1.807, 2.05) is 12.1 Å². The Bertz CT molecular complexity index is 1130. The lowest BCUT2D eigenvalue weighted by Gasteiger charge is -2.39. The third kappa shape index (κ3) is 4.92. The molecule has 0 unspecified atom stereocenters. The maximum Gasteiger partial charge on any atom is 0.282 e. The summed E-state index contributed by atoms with van der Waals surface area (Å²) in [6, 6.07) is 11.0. The lowest BCUT2D eigenvalue weighted by molar-refractivity contribution is -0.0266. The number of hydrogen-bond acceptors (Lipinski definition) is 6. The number of hydrogen-bond donors (Lipinski definition) is 2. The highest BCUT2D eigenvalue weighted by molar-refractivity contribution is 8.02. The van der Waals surface area contributed by atoms with E-state index in [0.717, 1.165) is 24.5 Å². The van der Waals surface area contributed by atoms with Crippen LogP contribution in [0.15, 0.2) is 36.4 Å². The quantitative estimate of drug-likeness (QED) is 0.471. The number of alkyl halides is 2. The Balaban J connectivity index is 1.21. The first-order valence-corrected chi connectivity index (χ1v) is 13.3. The zero-order valence-electron chi connectivity index (χ0n) is 19.9. The van der Waals surface area contributed by atoms with Gasteiger partial charge in [-0.05, 0) is 93.1 Å². The lowest BCUT2D eigenvalue weighted by Crippen LogP contribution is -2.56. The second-order valence-corrected chi connectivity index (χ2v) is 12.3. The summed E-state index contributed by atoms with van der Waals surface area (Å²) < 4.78 is 30.4. The topological polar surface area (TPSA) is 60.5 Å². The molecule has 1 amide bonds. The molecule has 35 heavy (non-hydrogen) atoms. The molecule has 2 aromatic rings. The van der Waals surface area contributed by atoms with Crippen molar-refractivity contribution in [3.63, 3.8) is 0 Å². The summed E-state index contributed by atoms with van der Waals surface area (Å²) in [5.41, 5.74) is 3.08. The van der Waals surface area contributed by atoms with Crippen LogP contribution in [0.3, 0.4) is 0 Å². The van der Waals surface area contributed by atoms with Gasteiger partial charge < -0.3 is 19.8 Å². The maximum absolute atomic E-state index is 13.4. The molecule has 3 heterocycles. The van der Waals surface area contributed by atoms with Crippen LogP contribution in [-0.2, 0) is 0 Å². The molecule has 1 aromatic carbocycles. The van der Waals surface area contributed by atoms with Crippen LogP contribution >= 0.6 is 11.9 Å². The van der Waals surface area contributed by atoms with E-state index in [-0.39, 0.29) is 19.0 Å². The molecule has 2 saturated heterocycles. The molecule has 6 nitrogen and oxygen atoms in total. The van der Waals surface area contributed by atoms with Gasteiger partial charge in [-0.2, -0.15) is 0 Å². The van der Waals surface area contributed by atoms with Crippen LogP contribution in [0.4, 0.5) is 31.8 Å². The minimum Gasteiger partial charge on any atom is -0.371 e. The number of amides is 1. The zero-order chi connectivity index (χ0) is 24.3. The largest absolute Gasteiger partial charge is 0.371 e. The van der Waals surface area contributed by atoms with Crippen molar-refractivity contribution >= 4 is 40.9 Å². The number of benzene rings is 1. The van der Waals surface area contributed by atoms with Gasteiger partial charge >= 0.3 is 0 Å². The molecule has 0 radical (unpaired) electrons. The number of carbonyl (C=O) groups is 1. The van der Waals surface area contributed by atoms with Gasteiger partial charge in [-0.25, -0.2) is 13.8 Å². The Kier molecular flexibility index (Phi) is 5.39. The Hall–Kier alpha value is -2.55. The predicted molar refractivity (Wildman–Crippen MR) is 138 cm³/mol. The van der Waals surface area contributed by atoms with E-state index in [0.29, 0.717) is 27.4 Å². The van der Waals surface area contributed by atoms with Gasteiger partial charge in [-0.15, -0.1) is 0 Å². The molecule has 1 spiro atoms. The number of nitrogens with zero attached hydrogens (tertiary/aromatic N) is 3. The summed E-state index contributed by atoms with van der Waals surface area (Å²) >= 11 is 1.75. The third-order valence-electron chi connectivity index (χ3n) is 7.88. The van der Waals surface area contributed by atoms with E-state index in [1.165, 1.54) is 43.4 Å². The maximum atomic E-state index is 13.4. The van der Waals surface area contributed by atoms with Crippen molar-refractivity contribution < 1.29 is 13.6 Å². The molecular weight excluding hydrogens is 468 g/mol. The molecule has 9 heteroatoms. The Morgan fingerprint density at radius 2 is 1.74 bits per heavy atom. The Morgan fingerprint density at radius 1 is 1.00 bits per heavy atom. The molecular formula is C26H31F2N5OS. The van der Waals surface area contributed by atoms with E-state index in [2.05, 4.69) is 32.9 Å². The molecule has 6 rings (SSSR count). The van der Waals surface area contributed by atoms with Crippen molar-refractivity contribution in [2.24, 2.45) is 5.41 Å².